The zero-order valence-electron chi connectivity index (χ0n) is 12.8. The van der Waals surface area contributed by atoms with Crippen molar-refractivity contribution in [1.82, 2.24) is 10.2 Å². The molecule has 0 aliphatic heterocycles. The van der Waals surface area contributed by atoms with Gasteiger partial charge >= 0.3 is 0 Å². The van der Waals surface area contributed by atoms with Gasteiger partial charge in [0.05, 0.1) is 5.69 Å². The molecule has 0 N–H and O–H groups in total. The van der Waals surface area contributed by atoms with Crippen molar-refractivity contribution >= 4 is 11.6 Å². The highest BCUT2D eigenvalue weighted by Crippen LogP contribution is 2.15. The van der Waals surface area contributed by atoms with Crippen molar-refractivity contribution in [2.45, 2.75) is 26.5 Å². The van der Waals surface area contributed by atoms with Gasteiger partial charge < -0.3 is 0 Å². The molecule has 0 radical (unpaired) electrons. The number of halogens is 1. The van der Waals surface area contributed by atoms with E-state index >= 15 is 0 Å². The largest absolute Gasteiger partial charge is 0.154 e. The van der Waals surface area contributed by atoms with Gasteiger partial charge in [0.1, 0.15) is 0 Å². The van der Waals surface area contributed by atoms with Crippen molar-refractivity contribution in [2.24, 2.45) is 0 Å². The number of hydrogen-bond acceptors (Lipinski definition) is 2. The van der Waals surface area contributed by atoms with Crippen molar-refractivity contribution < 1.29 is 9.60 Å². The van der Waals surface area contributed by atoms with Crippen LogP contribution in [0.25, 0.3) is 0 Å². The van der Waals surface area contributed by atoms with Crippen LogP contribution in [0.15, 0.2) is 6.07 Å². The molecule has 0 bridgehead atoms. The summed E-state index contributed by atoms with van der Waals surface area (Å²) in [5, 5.41) is 6.96. The molecule has 0 saturated carbocycles. The molecule has 0 saturated heterocycles. The number of rotatable bonds is 1. The maximum Gasteiger partial charge on any atom is 0.154 e. The lowest BCUT2D eigenvalue weighted by atomic mass is 10.1. The lowest BCUT2D eigenvalue weighted by molar-refractivity contribution is 0.781. The molecule has 0 aliphatic rings. The fraction of sp³-hybridized carbons (Fsp3) is 0.500. The number of aryl methyl sites for hydroxylation is 1. The van der Waals surface area contributed by atoms with Gasteiger partial charge in [-0.1, -0.05) is 25.3 Å². The normalized spacial score (nSPS) is 23.3. The molecule has 0 aliphatic carbocycles. The van der Waals surface area contributed by atoms with Crippen molar-refractivity contribution in [3.8, 4) is 0 Å². The van der Waals surface area contributed by atoms with E-state index in [0.29, 0.717) is 5.56 Å². The quantitative estimate of drug-likeness (QED) is 0.659. The minimum absolute atomic E-state index is 0.0391. The first-order chi connectivity index (χ1) is 7.91. The van der Waals surface area contributed by atoms with E-state index in [9.17, 15) is 0 Å². The summed E-state index contributed by atoms with van der Waals surface area (Å²) in [5.74, 6) is -2.83. The molecule has 0 spiro atoms. The Kier molecular flexibility index (Phi) is 0.872. The smallest absolute Gasteiger partial charge is 0.154 e. The van der Waals surface area contributed by atoms with Crippen LogP contribution in [0.2, 0.25) is 5.15 Å². The number of hydrogen-bond donors (Lipinski definition) is 0. The molecule has 1 aromatic rings. The Balaban J connectivity index is 3.51. The SMILES string of the molecule is [2H]C([2H])([2H])C([2H])(c1cc(C)c(Cl)nn1)C([2H])([2H])[2H]. The highest BCUT2D eigenvalue weighted by atomic mass is 35.5. The van der Waals surface area contributed by atoms with Gasteiger partial charge in [-0.15, -0.1) is 5.10 Å². The van der Waals surface area contributed by atoms with Gasteiger partial charge in [0.25, 0.3) is 0 Å². The van der Waals surface area contributed by atoms with E-state index in [1.807, 2.05) is 0 Å². The third-order valence-electron chi connectivity index (χ3n) is 1.18. The van der Waals surface area contributed by atoms with Gasteiger partial charge in [-0.25, -0.2) is 0 Å². The van der Waals surface area contributed by atoms with Gasteiger partial charge in [0.15, 0.2) is 5.15 Å². The highest BCUT2D eigenvalue weighted by Gasteiger charge is 2.03. The van der Waals surface area contributed by atoms with Crippen LogP contribution < -0.4 is 0 Å². The molecule has 3 heteroatoms. The lowest BCUT2D eigenvalue weighted by Crippen LogP contribution is -1.96. The van der Waals surface area contributed by atoms with E-state index < -0.39 is 25.3 Å². The second kappa shape index (κ2) is 3.18. The zero-order valence-corrected chi connectivity index (χ0v) is 6.61. The molecule has 1 heterocycles. The summed E-state index contributed by atoms with van der Waals surface area (Å²) in [6, 6.07) is 1.17. The summed E-state index contributed by atoms with van der Waals surface area (Å²) in [7, 11) is 0. The Bertz CT molecular complexity index is 440. The van der Waals surface area contributed by atoms with Crippen LogP contribution in [0.4, 0.5) is 0 Å². The van der Waals surface area contributed by atoms with Crippen LogP contribution in [0.5, 0.6) is 0 Å². The highest BCUT2D eigenvalue weighted by molar-refractivity contribution is 6.30. The maximum atomic E-state index is 7.86. The first-order valence-electron chi connectivity index (χ1n) is 6.41. The summed E-state index contributed by atoms with van der Waals surface area (Å²) in [6.45, 7) is -4.60. The summed E-state index contributed by atoms with van der Waals surface area (Å²) >= 11 is 5.64. The van der Waals surface area contributed by atoms with Crippen LogP contribution in [0.3, 0.4) is 0 Å². The monoisotopic (exact) mass is 177 g/mol. The van der Waals surface area contributed by atoms with Crippen molar-refractivity contribution in [1.29, 1.82) is 0 Å². The molecule has 0 amide bonds. The van der Waals surface area contributed by atoms with Gasteiger partial charge in [-0.05, 0) is 24.4 Å². The Labute approximate surface area is 81.4 Å². The molecule has 0 atom stereocenters. The van der Waals surface area contributed by atoms with Crippen LogP contribution >= 0.6 is 11.6 Å². The van der Waals surface area contributed by atoms with E-state index in [-0.39, 0.29) is 5.15 Å². The molecule has 1 rings (SSSR count). The van der Waals surface area contributed by atoms with E-state index in [1.165, 1.54) is 13.0 Å². The maximum absolute atomic E-state index is 7.86. The average molecular weight is 178 g/mol. The predicted octanol–water partition coefficient (Wildman–Crippen LogP) is 2.56. The predicted molar refractivity (Wildman–Crippen MR) is 45.9 cm³/mol. The third kappa shape index (κ3) is 1.90. The lowest BCUT2D eigenvalue weighted by Gasteiger charge is -2.03. The molecule has 0 fully saturated rings. The van der Waals surface area contributed by atoms with Gasteiger partial charge in [-0.3, -0.25) is 0 Å². The first kappa shape index (κ1) is 3.02. The molecular weight excluding hydrogens is 160 g/mol. The third-order valence-corrected chi connectivity index (χ3v) is 1.55. The van der Waals surface area contributed by atoms with Crippen LogP contribution in [0, 0.1) is 6.92 Å². The Morgan fingerprint density at radius 1 is 1.64 bits per heavy atom. The zero-order chi connectivity index (χ0) is 14.4. The molecule has 0 aromatic carbocycles. The van der Waals surface area contributed by atoms with E-state index in [2.05, 4.69) is 10.2 Å². The minimum Gasteiger partial charge on any atom is -0.154 e. The number of aromatic nitrogens is 2. The fourth-order valence-electron chi connectivity index (χ4n) is 0.592. The topological polar surface area (TPSA) is 25.8 Å². The number of nitrogens with zero attached hydrogens (tertiary/aromatic N) is 2. The standard InChI is InChI=1S/C8H11ClN2/c1-5(2)7-4-6(3)8(9)11-10-7/h4-5H,1-3H3/i1D3,2D3,5D. The minimum atomic E-state index is -3.06. The molecule has 0 unspecified atom stereocenters. The van der Waals surface area contributed by atoms with E-state index in [0.717, 1.165) is 0 Å². The van der Waals surface area contributed by atoms with Gasteiger partial charge in [0, 0.05) is 9.60 Å². The molecule has 60 valence electrons. The molecular formula is C8H11ClN2. The Hall–Kier alpha value is -0.630. The summed E-state index contributed by atoms with van der Waals surface area (Å²) in [5.41, 5.74) is -0.0730. The summed E-state index contributed by atoms with van der Waals surface area (Å²) in [4.78, 5) is 0. The fourth-order valence-corrected chi connectivity index (χ4v) is 0.685. The Morgan fingerprint density at radius 2 is 2.36 bits per heavy atom. The Morgan fingerprint density at radius 3 is 2.91 bits per heavy atom. The second-order valence-corrected chi connectivity index (χ2v) is 2.44. The molecule has 1 aromatic heterocycles. The van der Waals surface area contributed by atoms with Crippen LogP contribution in [-0.2, 0) is 0 Å². The summed E-state index contributed by atoms with van der Waals surface area (Å²) in [6.07, 6.45) is 0. The van der Waals surface area contributed by atoms with Crippen molar-refractivity contribution in [2.75, 3.05) is 0 Å². The second-order valence-electron chi connectivity index (χ2n) is 2.08. The van der Waals surface area contributed by atoms with E-state index in [1.54, 1.807) is 0 Å². The van der Waals surface area contributed by atoms with Crippen molar-refractivity contribution in [3.63, 3.8) is 0 Å². The van der Waals surface area contributed by atoms with Crippen molar-refractivity contribution in [3.05, 3.63) is 22.5 Å². The molecule has 11 heavy (non-hydrogen) atoms. The molecule has 2 nitrogen and oxygen atoms in total. The first-order valence-corrected chi connectivity index (χ1v) is 3.29. The van der Waals surface area contributed by atoms with E-state index in [4.69, 9.17) is 21.2 Å². The summed E-state index contributed by atoms with van der Waals surface area (Å²) < 4.78 is 51.6. The average Bonchev–Trinajstić information content (AvgIpc) is 2.17. The van der Waals surface area contributed by atoms with Crippen LogP contribution in [-0.4, -0.2) is 10.2 Å². The van der Waals surface area contributed by atoms with Gasteiger partial charge in [0.2, 0.25) is 0 Å². The van der Waals surface area contributed by atoms with Crippen LogP contribution in [0.1, 0.15) is 40.5 Å². The van der Waals surface area contributed by atoms with Gasteiger partial charge in [-0.2, -0.15) is 5.10 Å².